The third-order valence-corrected chi connectivity index (χ3v) is 4.70. The number of aromatic amines is 1. The fourth-order valence-electron chi connectivity index (χ4n) is 3.14. The van der Waals surface area contributed by atoms with Crippen molar-refractivity contribution < 1.29 is 0 Å². The molecule has 0 saturated carbocycles. The quantitative estimate of drug-likeness (QED) is 0.368. The summed E-state index contributed by atoms with van der Waals surface area (Å²) in [6.45, 7) is 2.85. The average Bonchev–Trinajstić information content (AvgIpc) is 3.14. The van der Waals surface area contributed by atoms with Gasteiger partial charge < -0.3 is 16.4 Å². The van der Waals surface area contributed by atoms with Crippen LogP contribution < -0.4 is 16.4 Å². The Morgan fingerprint density at radius 1 is 1.00 bits per heavy atom. The number of fused-ring (bicyclic) bond motifs is 1. The lowest BCUT2D eigenvalue weighted by atomic mass is 10.1. The van der Waals surface area contributed by atoms with Crippen LogP contribution in [0.15, 0.2) is 60.9 Å². The first kappa shape index (κ1) is 17.8. The first-order valence-corrected chi connectivity index (χ1v) is 9.29. The predicted octanol–water partition coefficient (Wildman–Crippen LogP) is 3.76. The molecule has 0 saturated heterocycles. The second-order valence-electron chi connectivity index (χ2n) is 6.71. The standard InChI is InChI=1S/C21H23N7/c1-14(16-5-3-2-4-6-16)26-19-18-20(27-28-21(18)25-13-24-19)23-12-11-15-7-9-17(22)10-8-15/h2-10,13-14H,11-12,22H2,1H3,(H3,23,24,25,26,27,28). The Kier molecular flexibility index (Phi) is 5.05. The highest BCUT2D eigenvalue weighted by atomic mass is 15.2. The summed E-state index contributed by atoms with van der Waals surface area (Å²) in [6.07, 6.45) is 2.41. The molecular weight excluding hydrogens is 350 g/mol. The van der Waals surface area contributed by atoms with Crippen LogP contribution in [0.5, 0.6) is 0 Å². The summed E-state index contributed by atoms with van der Waals surface area (Å²) >= 11 is 0. The molecule has 2 aromatic carbocycles. The van der Waals surface area contributed by atoms with Crippen LogP contribution in [0, 0.1) is 0 Å². The number of hydrogen-bond acceptors (Lipinski definition) is 6. The number of rotatable bonds is 7. The maximum Gasteiger partial charge on any atom is 0.162 e. The van der Waals surface area contributed by atoms with Gasteiger partial charge in [-0.1, -0.05) is 42.5 Å². The third kappa shape index (κ3) is 3.88. The number of aromatic nitrogens is 4. The Balaban J connectivity index is 1.50. The van der Waals surface area contributed by atoms with Crippen LogP contribution in [0.2, 0.25) is 0 Å². The first-order chi connectivity index (χ1) is 13.7. The van der Waals surface area contributed by atoms with E-state index in [2.05, 4.69) is 49.9 Å². The zero-order valence-electron chi connectivity index (χ0n) is 15.7. The number of H-pyrrole nitrogens is 1. The number of anilines is 3. The van der Waals surface area contributed by atoms with Gasteiger partial charge in [0.2, 0.25) is 0 Å². The van der Waals surface area contributed by atoms with Crippen LogP contribution in [0.1, 0.15) is 24.1 Å². The van der Waals surface area contributed by atoms with E-state index < -0.39 is 0 Å². The molecule has 1 unspecified atom stereocenters. The lowest BCUT2D eigenvalue weighted by Gasteiger charge is -2.15. The van der Waals surface area contributed by atoms with E-state index in [4.69, 9.17) is 5.73 Å². The lowest BCUT2D eigenvalue weighted by molar-refractivity contribution is 0.876. The predicted molar refractivity (Wildman–Crippen MR) is 113 cm³/mol. The SMILES string of the molecule is CC(Nc1ncnc2[nH]nc(NCCc3ccc(N)cc3)c12)c1ccccc1. The number of benzene rings is 2. The smallest absolute Gasteiger partial charge is 0.162 e. The molecule has 0 aliphatic carbocycles. The van der Waals surface area contributed by atoms with Gasteiger partial charge in [0.25, 0.3) is 0 Å². The van der Waals surface area contributed by atoms with E-state index in [0.29, 0.717) is 5.65 Å². The highest BCUT2D eigenvalue weighted by Gasteiger charge is 2.15. The second-order valence-corrected chi connectivity index (χ2v) is 6.71. The Labute approximate surface area is 163 Å². The summed E-state index contributed by atoms with van der Waals surface area (Å²) in [6, 6.07) is 18.3. The van der Waals surface area contributed by atoms with Crippen molar-refractivity contribution in [1.82, 2.24) is 20.2 Å². The molecule has 5 N–H and O–H groups in total. The summed E-state index contributed by atoms with van der Waals surface area (Å²) in [4.78, 5) is 8.74. The molecule has 28 heavy (non-hydrogen) atoms. The van der Waals surface area contributed by atoms with Gasteiger partial charge in [-0.05, 0) is 36.6 Å². The van der Waals surface area contributed by atoms with Crippen molar-refractivity contribution in [2.45, 2.75) is 19.4 Å². The van der Waals surface area contributed by atoms with Gasteiger partial charge in [-0.2, -0.15) is 5.10 Å². The zero-order valence-corrected chi connectivity index (χ0v) is 15.7. The van der Waals surface area contributed by atoms with Gasteiger partial charge in [0.05, 0.1) is 0 Å². The number of nitrogen functional groups attached to an aromatic ring is 1. The molecule has 142 valence electrons. The molecular formula is C21H23N7. The summed E-state index contributed by atoms with van der Waals surface area (Å²) in [5, 5.41) is 15.1. The van der Waals surface area contributed by atoms with Gasteiger partial charge in [-0.3, -0.25) is 5.10 Å². The maximum atomic E-state index is 5.74. The topological polar surface area (TPSA) is 105 Å². The van der Waals surface area contributed by atoms with E-state index in [1.54, 1.807) is 6.33 Å². The summed E-state index contributed by atoms with van der Waals surface area (Å²) in [5.41, 5.74) is 9.62. The Morgan fingerprint density at radius 3 is 2.57 bits per heavy atom. The minimum absolute atomic E-state index is 0.108. The Bertz CT molecular complexity index is 1040. The van der Waals surface area contributed by atoms with E-state index >= 15 is 0 Å². The first-order valence-electron chi connectivity index (χ1n) is 9.29. The number of hydrogen-bond donors (Lipinski definition) is 4. The van der Waals surface area contributed by atoms with Gasteiger partial charge in [0.15, 0.2) is 11.5 Å². The largest absolute Gasteiger partial charge is 0.399 e. The van der Waals surface area contributed by atoms with E-state index in [0.717, 1.165) is 35.7 Å². The molecule has 1 atom stereocenters. The van der Waals surface area contributed by atoms with Crippen molar-refractivity contribution in [3.63, 3.8) is 0 Å². The summed E-state index contributed by atoms with van der Waals surface area (Å²) in [5.74, 6) is 1.50. The lowest BCUT2D eigenvalue weighted by Crippen LogP contribution is -2.10. The minimum atomic E-state index is 0.108. The molecule has 4 rings (SSSR count). The van der Waals surface area contributed by atoms with E-state index in [9.17, 15) is 0 Å². The number of nitrogens with zero attached hydrogens (tertiary/aromatic N) is 3. The van der Waals surface area contributed by atoms with Crippen LogP contribution in [0.3, 0.4) is 0 Å². The molecule has 7 heteroatoms. The van der Waals surface area contributed by atoms with Gasteiger partial charge in [0, 0.05) is 18.3 Å². The van der Waals surface area contributed by atoms with Crippen molar-refractivity contribution in [1.29, 1.82) is 0 Å². The number of nitrogens with one attached hydrogen (secondary N) is 3. The fourth-order valence-corrected chi connectivity index (χ4v) is 3.14. The monoisotopic (exact) mass is 373 g/mol. The molecule has 0 radical (unpaired) electrons. The van der Waals surface area contributed by atoms with Crippen LogP contribution in [-0.2, 0) is 6.42 Å². The Hall–Kier alpha value is -3.61. The molecule has 0 spiro atoms. The fraction of sp³-hybridized carbons (Fsp3) is 0.190. The van der Waals surface area contributed by atoms with E-state index in [1.807, 2.05) is 42.5 Å². The molecule has 7 nitrogen and oxygen atoms in total. The molecule has 0 bridgehead atoms. The van der Waals surface area contributed by atoms with E-state index in [1.165, 1.54) is 11.1 Å². The van der Waals surface area contributed by atoms with Crippen LogP contribution in [0.4, 0.5) is 17.3 Å². The average molecular weight is 373 g/mol. The van der Waals surface area contributed by atoms with E-state index in [-0.39, 0.29) is 6.04 Å². The highest BCUT2D eigenvalue weighted by molar-refractivity contribution is 5.96. The van der Waals surface area contributed by atoms with Gasteiger partial charge in [-0.15, -0.1) is 0 Å². The normalized spacial score (nSPS) is 12.0. The highest BCUT2D eigenvalue weighted by Crippen LogP contribution is 2.28. The van der Waals surface area contributed by atoms with Gasteiger partial charge in [0.1, 0.15) is 17.5 Å². The van der Waals surface area contributed by atoms with Crippen LogP contribution in [0.25, 0.3) is 11.0 Å². The van der Waals surface area contributed by atoms with Crippen molar-refractivity contribution >= 4 is 28.4 Å². The molecule has 4 aromatic rings. The van der Waals surface area contributed by atoms with Crippen molar-refractivity contribution in [3.05, 3.63) is 72.1 Å². The molecule has 0 fully saturated rings. The molecule has 0 aliphatic heterocycles. The second kappa shape index (κ2) is 7.96. The third-order valence-electron chi connectivity index (χ3n) is 4.70. The Morgan fingerprint density at radius 2 is 1.79 bits per heavy atom. The molecule has 0 amide bonds. The van der Waals surface area contributed by atoms with Crippen molar-refractivity contribution in [3.8, 4) is 0 Å². The van der Waals surface area contributed by atoms with Gasteiger partial charge >= 0.3 is 0 Å². The molecule has 0 aliphatic rings. The summed E-state index contributed by atoms with van der Waals surface area (Å²) in [7, 11) is 0. The molecule has 2 aromatic heterocycles. The minimum Gasteiger partial charge on any atom is -0.399 e. The summed E-state index contributed by atoms with van der Waals surface area (Å²) < 4.78 is 0. The maximum absolute atomic E-state index is 5.74. The van der Waals surface area contributed by atoms with Crippen LogP contribution in [-0.4, -0.2) is 26.7 Å². The zero-order chi connectivity index (χ0) is 19.3. The van der Waals surface area contributed by atoms with Crippen molar-refractivity contribution in [2.24, 2.45) is 0 Å². The molecule has 2 heterocycles. The number of nitrogens with two attached hydrogens (primary N) is 1. The van der Waals surface area contributed by atoms with Gasteiger partial charge in [-0.25, -0.2) is 9.97 Å². The van der Waals surface area contributed by atoms with Crippen LogP contribution >= 0.6 is 0 Å². The van der Waals surface area contributed by atoms with Crippen molar-refractivity contribution in [2.75, 3.05) is 22.9 Å².